The van der Waals surface area contributed by atoms with E-state index < -0.39 is 108 Å². The molecule has 2 saturated heterocycles. The van der Waals surface area contributed by atoms with Crippen molar-refractivity contribution in [2.45, 2.75) is 134 Å². The van der Waals surface area contributed by atoms with Gasteiger partial charge in [0.15, 0.2) is 41.2 Å². The number of aliphatic hydroxyl groups excluding tert-OH is 2. The van der Waals surface area contributed by atoms with Crippen LogP contribution >= 0.6 is 0 Å². The molecule has 106 heavy (non-hydrogen) atoms. The smallest absolute Gasteiger partial charge is 0.416 e. The highest BCUT2D eigenvalue weighted by Gasteiger charge is 2.49. The van der Waals surface area contributed by atoms with E-state index in [0.717, 1.165) is 20.8 Å². The normalized spacial score (nSPS) is 18.6. The standard InChI is InChI=1S/C74H87N11O21/c1-40(2)63(79-60(87)17-11-9-12-25-81-61(88)22-23-62(81)89)67(92)78-49(16-15-24-76-72(75)97)66(91)77-44-20-18-43(19-21-44)38-105-73(98)84-50-33-57(55(100-6)31-46(50)68(93)82-36-41(3)28-52(82)70(84)95)103-26-13-10-14-27-104-58-34-51-47(32-56(58)101-7)69(94)83-37-42(4)29-53(83)71(96)85(51)74(99)106-39-45-30-48-64(80(45)5)54(86)35-59(102-8)65(48)90/h18-23,30-35,40,49,52-53,63,70-71,95-96H,3-4,9-17,24-29,36-39H2,1-2,5-8H3,(H,77,91)(H,78,92)(H,79,87)(H3,75,76,97)/t49-,52-,53-,63-,70?,71?/m0/s1. The summed E-state index contributed by atoms with van der Waals surface area (Å²) in [5.74, 6) is -4.43. The first kappa shape index (κ1) is 77.1. The third-order valence-electron chi connectivity index (χ3n) is 19.1. The van der Waals surface area contributed by atoms with Gasteiger partial charge in [-0.15, -0.1) is 0 Å². The number of nitrogens with two attached hydrogens (primary N) is 1. The lowest BCUT2D eigenvalue weighted by Crippen LogP contribution is -2.54. The van der Waals surface area contributed by atoms with Gasteiger partial charge in [0.25, 0.3) is 23.6 Å². The zero-order valence-electron chi connectivity index (χ0n) is 59.7. The van der Waals surface area contributed by atoms with Gasteiger partial charge in [-0.05, 0) is 99.6 Å². The number of allylic oxidation sites excluding steroid dienone is 2. The van der Waals surface area contributed by atoms with Crippen molar-refractivity contribution in [3.8, 4) is 23.0 Å². The molecule has 8 N–H and O–H groups in total. The molecular weight excluding hydrogens is 1380 g/mol. The molecule has 0 radical (unpaired) electrons. The second kappa shape index (κ2) is 33.9. The molecule has 11 amide bonds. The van der Waals surface area contributed by atoms with Crippen LogP contribution in [0.4, 0.5) is 31.4 Å². The average molecular weight is 1470 g/mol. The summed E-state index contributed by atoms with van der Waals surface area (Å²) in [5, 5.41) is 34.8. The Morgan fingerprint density at radius 2 is 1.19 bits per heavy atom. The van der Waals surface area contributed by atoms with Crippen molar-refractivity contribution in [1.82, 2.24) is 35.2 Å². The van der Waals surface area contributed by atoms with Crippen LogP contribution in [0.25, 0.3) is 0 Å². The van der Waals surface area contributed by atoms with Gasteiger partial charge in [0.1, 0.15) is 31.0 Å². The van der Waals surface area contributed by atoms with Gasteiger partial charge in [-0.2, -0.15) is 0 Å². The number of aromatic nitrogens is 1. The fourth-order valence-electron chi connectivity index (χ4n) is 13.5. The Bertz CT molecular complexity index is 4220. The maximum Gasteiger partial charge on any atom is 0.416 e. The van der Waals surface area contributed by atoms with Crippen molar-refractivity contribution in [2.75, 3.05) is 75.8 Å². The summed E-state index contributed by atoms with van der Waals surface area (Å²) < 4.78 is 42.1. The van der Waals surface area contributed by atoms with Crippen molar-refractivity contribution < 1.29 is 101 Å². The Labute approximate surface area is 610 Å². The van der Waals surface area contributed by atoms with E-state index in [1.807, 2.05) is 0 Å². The van der Waals surface area contributed by atoms with E-state index >= 15 is 0 Å². The zero-order valence-corrected chi connectivity index (χ0v) is 59.7. The second-order valence-electron chi connectivity index (χ2n) is 26.7. The summed E-state index contributed by atoms with van der Waals surface area (Å²) in [4.78, 5) is 165. The third kappa shape index (κ3) is 17.1. The maximum absolute atomic E-state index is 14.5. The molecule has 2 fully saturated rings. The zero-order chi connectivity index (χ0) is 76.4. The number of rotatable bonds is 31. The number of hydrogen-bond acceptors (Lipinski definition) is 21. The van der Waals surface area contributed by atoms with Gasteiger partial charge in [-0.25, -0.2) is 24.2 Å². The molecule has 10 rings (SSSR count). The van der Waals surface area contributed by atoms with E-state index in [-0.39, 0.29) is 158 Å². The molecule has 0 spiro atoms. The number of urea groups is 1. The lowest BCUT2D eigenvalue weighted by Gasteiger charge is -2.31. The van der Waals surface area contributed by atoms with Crippen LogP contribution in [0.1, 0.15) is 137 Å². The van der Waals surface area contributed by atoms with Crippen LogP contribution in [0, 0.1) is 5.92 Å². The van der Waals surface area contributed by atoms with Gasteiger partial charge in [0, 0.05) is 75.7 Å². The number of imide groups is 1. The van der Waals surface area contributed by atoms with E-state index in [0.29, 0.717) is 60.9 Å². The predicted octanol–water partition coefficient (Wildman–Crippen LogP) is 5.57. The van der Waals surface area contributed by atoms with Gasteiger partial charge in [-0.3, -0.25) is 48.1 Å². The number of nitrogens with one attached hydrogen (secondary N) is 4. The summed E-state index contributed by atoms with van der Waals surface area (Å²) >= 11 is 0. The molecule has 32 heteroatoms. The van der Waals surface area contributed by atoms with Crippen molar-refractivity contribution in [3.05, 3.63) is 137 Å². The quantitative estimate of drug-likeness (QED) is 0.0184. The first-order valence-corrected chi connectivity index (χ1v) is 34.7. The molecule has 564 valence electrons. The highest BCUT2D eigenvalue weighted by atomic mass is 16.6. The molecule has 0 saturated carbocycles. The molecule has 6 heterocycles. The van der Waals surface area contributed by atoms with E-state index in [1.54, 1.807) is 45.2 Å². The molecule has 6 atom stereocenters. The van der Waals surface area contributed by atoms with E-state index in [2.05, 4.69) is 34.4 Å². The Hall–Kier alpha value is -11.5. The first-order valence-electron chi connectivity index (χ1n) is 34.7. The fraction of sp³-hybridized carbons (Fsp3) is 0.432. The number of benzene rings is 3. The minimum Gasteiger partial charge on any atom is -0.493 e. The first-order chi connectivity index (χ1) is 50.7. The number of amides is 11. The van der Waals surface area contributed by atoms with Crippen LogP contribution in [0.2, 0.25) is 0 Å². The summed E-state index contributed by atoms with van der Waals surface area (Å²) in [5.41, 5.74) is 7.69. The SMILES string of the molecule is C=C1C[C@H]2C(O)N(C(=O)OCc3ccc(NC(=O)[C@H](CCCNC(N)=O)NC(=O)[C@@H](NC(=O)CCCCCN4C(=O)C=CC4=O)C(C)C)cc3)c3cc(OCCCCCOc4cc5c(cc4OC)C(=O)N4CC(=C)C[C@H]4C(O)N5C(=O)OCc4cc5c(n4C)C(=O)C=C(OC)C5=O)c(OC)cc3C(=O)N2C1. The number of carbonyl (C=O) groups excluding carboxylic acids is 12. The maximum atomic E-state index is 14.5. The van der Waals surface area contributed by atoms with Gasteiger partial charge >= 0.3 is 18.2 Å². The monoisotopic (exact) mass is 1470 g/mol. The van der Waals surface area contributed by atoms with Crippen molar-refractivity contribution in [2.24, 2.45) is 18.7 Å². The Balaban J connectivity index is 0.760. The number of carbonyl (C=O) groups is 12. The number of nitrogens with zero attached hydrogens (tertiary/aromatic N) is 6. The topological polar surface area (TPSA) is 405 Å². The third-order valence-corrected chi connectivity index (χ3v) is 19.1. The van der Waals surface area contributed by atoms with E-state index in [9.17, 15) is 67.7 Å². The Morgan fingerprint density at radius 1 is 0.642 bits per heavy atom. The highest BCUT2D eigenvalue weighted by molar-refractivity contribution is 6.23. The number of anilines is 3. The van der Waals surface area contributed by atoms with Crippen LogP contribution in [0.3, 0.4) is 0 Å². The van der Waals surface area contributed by atoms with Crippen molar-refractivity contribution >= 4 is 88.2 Å². The second-order valence-corrected chi connectivity index (χ2v) is 26.7. The number of ether oxygens (including phenoxy) is 7. The number of methoxy groups -OCH3 is 3. The van der Waals surface area contributed by atoms with E-state index in [1.165, 1.54) is 78.2 Å². The van der Waals surface area contributed by atoms with Crippen LogP contribution in [-0.4, -0.2) is 198 Å². The lowest BCUT2D eigenvalue weighted by atomic mass is 10.0. The number of hydrogen-bond donors (Lipinski definition) is 7. The molecule has 3 aromatic carbocycles. The minimum absolute atomic E-state index is 0.00619. The Kier molecular flexibility index (Phi) is 24.7. The lowest BCUT2D eigenvalue weighted by molar-refractivity contribution is -0.137. The molecule has 32 nitrogen and oxygen atoms in total. The van der Waals surface area contributed by atoms with Crippen molar-refractivity contribution in [3.63, 3.8) is 0 Å². The van der Waals surface area contributed by atoms with Crippen molar-refractivity contribution in [1.29, 1.82) is 0 Å². The van der Waals surface area contributed by atoms with Crippen LogP contribution in [0.5, 0.6) is 23.0 Å². The molecule has 2 unspecified atom stereocenters. The predicted molar refractivity (Wildman–Crippen MR) is 379 cm³/mol. The van der Waals surface area contributed by atoms with E-state index in [4.69, 9.17) is 38.9 Å². The average Bonchev–Trinajstić information content (AvgIpc) is 1.62. The summed E-state index contributed by atoms with van der Waals surface area (Å²) in [6, 6.07) is 8.57. The van der Waals surface area contributed by atoms with Gasteiger partial charge in [0.2, 0.25) is 29.3 Å². The molecule has 1 aliphatic carbocycles. The molecule has 1 aromatic heterocycles. The molecule has 6 aliphatic rings. The summed E-state index contributed by atoms with van der Waals surface area (Å²) in [6.45, 7) is 11.5. The van der Waals surface area contributed by atoms with Crippen LogP contribution in [-0.2, 0) is 58.4 Å². The number of fused-ring (bicyclic) bond motifs is 5. The number of unbranched alkanes of at least 4 members (excludes halogenated alkanes) is 4. The van der Waals surface area contributed by atoms with Crippen LogP contribution in [0.15, 0.2) is 103 Å². The highest BCUT2D eigenvalue weighted by Crippen LogP contribution is 2.44. The van der Waals surface area contributed by atoms with Gasteiger partial charge in [-0.1, -0.05) is 56.7 Å². The summed E-state index contributed by atoms with van der Waals surface area (Å²) in [7, 11) is 5.59. The molecule has 4 aromatic rings. The van der Waals surface area contributed by atoms with Gasteiger partial charge < -0.3 is 84.7 Å². The Morgan fingerprint density at radius 3 is 1.72 bits per heavy atom. The number of Topliss-reactive ketones (excluding diaryl/α,β-unsaturated/α-hetero) is 1. The summed E-state index contributed by atoms with van der Waals surface area (Å²) in [6.07, 6.45) is 1.72. The number of primary amides is 1. The minimum atomic E-state index is -1.62. The molecule has 0 bridgehead atoms. The molecular formula is C74H87N11O21. The molecule has 5 aliphatic heterocycles. The fourth-order valence-corrected chi connectivity index (χ4v) is 13.5. The van der Waals surface area contributed by atoms with Crippen LogP contribution < -0.4 is 55.7 Å². The number of aliphatic hydroxyl groups is 2. The number of ketones is 2. The largest absolute Gasteiger partial charge is 0.493 e. The van der Waals surface area contributed by atoms with Gasteiger partial charge in [0.05, 0.1) is 80.4 Å².